The van der Waals surface area contributed by atoms with Crippen LogP contribution in [0.2, 0.25) is 0 Å². The van der Waals surface area contributed by atoms with E-state index in [0.717, 1.165) is 38.3 Å². The summed E-state index contributed by atoms with van der Waals surface area (Å²) in [4.78, 5) is 5.05. The van der Waals surface area contributed by atoms with Gasteiger partial charge in [0.05, 0.1) is 13.7 Å². The minimum Gasteiger partial charge on any atom is -0.496 e. The molecular formula is C19H29FN2O2. The average molecular weight is 336 g/mol. The van der Waals surface area contributed by atoms with Gasteiger partial charge < -0.3 is 14.4 Å². The van der Waals surface area contributed by atoms with E-state index < -0.39 is 0 Å². The predicted octanol–water partition coefficient (Wildman–Crippen LogP) is 2.77. The molecule has 2 heterocycles. The summed E-state index contributed by atoms with van der Waals surface area (Å²) in [5.41, 5.74) is 1.49. The molecule has 2 fully saturated rings. The monoisotopic (exact) mass is 336 g/mol. The maximum absolute atomic E-state index is 13.4. The topological polar surface area (TPSA) is 24.9 Å². The van der Waals surface area contributed by atoms with Crippen molar-refractivity contribution in [2.45, 2.75) is 25.8 Å². The van der Waals surface area contributed by atoms with E-state index in [4.69, 9.17) is 9.47 Å². The smallest absolute Gasteiger partial charge is 0.126 e. The Bertz CT molecular complexity index is 554. The van der Waals surface area contributed by atoms with Crippen molar-refractivity contribution in [3.63, 3.8) is 0 Å². The zero-order valence-electron chi connectivity index (χ0n) is 14.9. The Balaban J connectivity index is 1.61. The molecule has 0 N–H and O–H groups in total. The molecule has 4 nitrogen and oxygen atoms in total. The number of likely N-dealkylation sites (tertiary alicyclic amines) is 2. The lowest BCUT2D eigenvalue weighted by Gasteiger charge is -2.40. The lowest BCUT2D eigenvalue weighted by Crippen LogP contribution is -2.45. The van der Waals surface area contributed by atoms with Crippen LogP contribution in [0.3, 0.4) is 0 Å². The Morgan fingerprint density at radius 2 is 1.96 bits per heavy atom. The van der Waals surface area contributed by atoms with Gasteiger partial charge >= 0.3 is 0 Å². The largest absolute Gasteiger partial charge is 0.496 e. The highest BCUT2D eigenvalue weighted by molar-refractivity contribution is 5.34. The number of methoxy groups -OCH3 is 2. The molecule has 1 atom stereocenters. The van der Waals surface area contributed by atoms with Gasteiger partial charge in [-0.2, -0.15) is 0 Å². The van der Waals surface area contributed by atoms with Crippen molar-refractivity contribution in [1.29, 1.82) is 0 Å². The maximum atomic E-state index is 13.4. The molecule has 24 heavy (non-hydrogen) atoms. The number of hydrogen-bond acceptors (Lipinski definition) is 4. The predicted molar refractivity (Wildman–Crippen MR) is 92.8 cm³/mol. The van der Waals surface area contributed by atoms with Crippen molar-refractivity contribution in [1.82, 2.24) is 9.80 Å². The third-order valence-corrected chi connectivity index (χ3v) is 5.51. The van der Waals surface area contributed by atoms with E-state index in [2.05, 4.69) is 9.80 Å². The fourth-order valence-electron chi connectivity index (χ4n) is 4.31. The van der Waals surface area contributed by atoms with Crippen LogP contribution < -0.4 is 4.74 Å². The molecule has 1 aromatic rings. The number of piperidine rings is 1. The van der Waals surface area contributed by atoms with Crippen LogP contribution in [0.1, 0.15) is 24.8 Å². The molecular weight excluding hydrogens is 307 g/mol. The first-order chi connectivity index (χ1) is 11.6. The first-order valence-corrected chi connectivity index (χ1v) is 8.90. The van der Waals surface area contributed by atoms with Crippen LogP contribution in [-0.4, -0.2) is 63.4 Å². The highest BCUT2D eigenvalue weighted by atomic mass is 19.1. The summed E-state index contributed by atoms with van der Waals surface area (Å²) >= 11 is 0. The molecule has 0 aromatic heterocycles. The number of nitrogens with zero attached hydrogens (tertiary/aromatic N) is 2. The first kappa shape index (κ1) is 17.6. The third-order valence-electron chi connectivity index (χ3n) is 5.51. The molecule has 0 amide bonds. The summed E-state index contributed by atoms with van der Waals surface area (Å²) in [6.45, 7) is 7.28. The molecule has 0 radical (unpaired) electrons. The van der Waals surface area contributed by atoms with E-state index in [1.807, 2.05) is 6.07 Å². The van der Waals surface area contributed by atoms with Crippen LogP contribution in [-0.2, 0) is 11.3 Å². The van der Waals surface area contributed by atoms with Crippen LogP contribution >= 0.6 is 0 Å². The minimum atomic E-state index is -0.241. The molecule has 1 unspecified atom stereocenters. The van der Waals surface area contributed by atoms with Gasteiger partial charge in [0, 0.05) is 44.9 Å². The average Bonchev–Trinajstić information content (AvgIpc) is 2.96. The van der Waals surface area contributed by atoms with Crippen LogP contribution in [0.5, 0.6) is 5.75 Å². The standard InChI is InChI=1S/C19H29FN2O2/c1-23-11-10-21-8-3-6-19(14-21)7-9-22(15-19)13-16-4-5-17(20)12-18(16)24-2/h4-5,12H,3,6-11,13-15H2,1-2H3. The van der Waals surface area contributed by atoms with Gasteiger partial charge in [-0.15, -0.1) is 0 Å². The molecule has 2 aliphatic rings. The van der Waals surface area contributed by atoms with E-state index in [9.17, 15) is 4.39 Å². The molecule has 0 aliphatic carbocycles. The highest BCUT2D eigenvalue weighted by Gasteiger charge is 2.41. The summed E-state index contributed by atoms with van der Waals surface area (Å²) in [5.74, 6) is 0.413. The Kier molecular flexibility index (Phi) is 5.74. The van der Waals surface area contributed by atoms with E-state index in [0.29, 0.717) is 11.2 Å². The molecule has 5 heteroatoms. The van der Waals surface area contributed by atoms with Gasteiger partial charge in [0.2, 0.25) is 0 Å². The van der Waals surface area contributed by atoms with Gasteiger partial charge in [0.1, 0.15) is 11.6 Å². The second-order valence-corrected chi connectivity index (χ2v) is 7.29. The minimum absolute atomic E-state index is 0.241. The summed E-state index contributed by atoms with van der Waals surface area (Å²) in [6, 6.07) is 4.86. The number of ether oxygens (including phenoxy) is 2. The molecule has 1 aromatic carbocycles. The Morgan fingerprint density at radius 3 is 2.75 bits per heavy atom. The van der Waals surface area contributed by atoms with Crippen molar-refractivity contribution < 1.29 is 13.9 Å². The second kappa shape index (κ2) is 7.81. The summed E-state index contributed by atoms with van der Waals surface area (Å²) < 4.78 is 23.9. The highest BCUT2D eigenvalue weighted by Crippen LogP contribution is 2.39. The van der Waals surface area contributed by atoms with Gasteiger partial charge in [-0.3, -0.25) is 4.90 Å². The van der Waals surface area contributed by atoms with Crippen molar-refractivity contribution in [2.75, 3.05) is 53.6 Å². The number of rotatable bonds is 6. The molecule has 0 bridgehead atoms. The van der Waals surface area contributed by atoms with Gasteiger partial charge in [0.25, 0.3) is 0 Å². The number of halogens is 1. The quantitative estimate of drug-likeness (QED) is 0.797. The Morgan fingerprint density at radius 1 is 1.12 bits per heavy atom. The van der Waals surface area contributed by atoms with Gasteiger partial charge in [0.15, 0.2) is 0 Å². The zero-order chi connectivity index (χ0) is 17.0. The lowest BCUT2D eigenvalue weighted by molar-refractivity contribution is 0.0673. The van der Waals surface area contributed by atoms with Crippen molar-refractivity contribution in [2.24, 2.45) is 5.41 Å². The number of benzene rings is 1. The maximum Gasteiger partial charge on any atom is 0.126 e. The van der Waals surface area contributed by atoms with Crippen molar-refractivity contribution in [3.05, 3.63) is 29.6 Å². The molecule has 3 rings (SSSR count). The third kappa shape index (κ3) is 4.08. The van der Waals surface area contributed by atoms with Gasteiger partial charge in [-0.05, 0) is 43.8 Å². The van der Waals surface area contributed by atoms with E-state index in [-0.39, 0.29) is 5.82 Å². The molecule has 1 spiro atoms. The second-order valence-electron chi connectivity index (χ2n) is 7.29. The van der Waals surface area contributed by atoms with E-state index in [1.165, 1.54) is 44.5 Å². The van der Waals surface area contributed by atoms with Crippen LogP contribution in [0.4, 0.5) is 4.39 Å². The van der Waals surface area contributed by atoms with E-state index >= 15 is 0 Å². The Hall–Kier alpha value is -1.17. The normalized spacial score (nSPS) is 25.5. The van der Waals surface area contributed by atoms with Crippen LogP contribution in [0.25, 0.3) is 0 Å². The SMILES string of the molecule is COCCN1CCCC2(CCN(Cc3ccc(F)cc3OC)C2)C1. The first-order valence-electron chi connectivity index (χ1n) is 8.90. The van der Waals surface area contributed by atoms with Crippen molar-refractivity contribution >= 4 is 0 Å². The fraction of sp³-hybridized carbons (Fsp3) is 0.684. The van der Waals surface area contributed by atoms with Crippen LogP contribution in [0.15, 0.2) is 18.2 Å². The molecule has 2 aliphatic heterocycles. The van der Waals surface area contributed by atoms with E-state index in [1.54, 1.807) is 14.2 Å². The summed E-state index contributed by atoms with van der Waals surface area (Å²) in [7, 11) is 3.38. The molecule has 0 saturated carbocycles. The number of hydrogen-bond donors (Lipinski definition) is 0. The fourth-order valence-corrected chi connectivity index (χ4v) is 4.31. The zero-order valence-corrected chi connectivity index (χ0v) is 14.9. The summed E-state index contributed by atoms with van der Waals surface area (Å²) in [6.07, 6.45) is 3.84. The molecule has 134 valence electrons. The van der Waals surface area contributed by atoms with Crippen molar-refractivity contribution in [3.8, 4) is 5.75 Å². The van der Waals surface area contributed by atoms with Gasteiger partial charge in [-0.25, -0.2) is 4.39 Å². The summed E-state index contributed by atoms with van der Waals surface area (Å²) in [5, 5.41) is 0. The Labute approximate surface area is 144 Å². The lowest BCUT2D eigenvalue weighted by atomic mass is 9.79. The van der Waals surface area contributed by atoms with Crippen LogP contribution in [0, 0.1) is 11.2 Å². The molecule has 2 saturated heterocycles. The van der Waals surface area contributed by atoms with Gasteiger partial charge in [-0.1, -0.05) is 6.07 Å².